The van der Waals surface area contributed by atoms with Gasteiger partial charge >= 0.3 is 33.3 Å². The fraction of sp³-hybridized carbons (Fsp3) is 0.290. The molecule has 1 aromatic heterocycles. The standard InChI is InChI=1S/C31H35N5.2ClH.Fe/c1-19-14-21(3)28(22(4)15-19)32-25(7)30-34-31(36(35-30)18-27-12-10-9-11-13-27)26(8)33-29-23(5)16-20(2)17-24(29)6;;;/h9-17H,18H2,1-8H3;2*1H;/q;;;+2/p-2. The van der Waals surface area contributed by atoms with Gasteiger partial charge in [0.05, 0.1) is 29.3 Å². The molecule has 206 valence electrons. The predicted molar refractivity (Wildman–Crippen MR) is 162 cm³/mol. The van der Waals surface area contributed by atoms with Crippen LogP contribution in [0, 0.1) is 41.5 Å². The number of nitrogens with zero attached hydrogens (tertiary/aromatic N) is 5. The van der Waals surface area contributed by atoms with Gasteiger partial charge in [0.25, 0.3) is 0 Å². The molecule has 0 spiro atoms. The Labute approximate surface area is 247 Å². The average molecular weight is 604 g/mol. The number of rotatable bonds is 6. The summed E-state index contributed by atoms with van der Waals surface area (Å²) in [4.78, 5) is 14.9. The Morgan fingerprint density at radius 2 is 1.18 bits per heavy atom. The molecule has 8 heteroatoms. The Hall–Kier alpha value is -2.76. The first kappa shape index (κ1) is 30.8. The van der Waals surface area contributed by atoms with Crippen LogP contribution >= 0.6 is 20.2 Å². The molecular formula is C31H35Cl2FeN5. The second-order valence-corrected chi connectivity index (χ2v) is 11.7. The molecule has 0 unspecified atom stereocenters. The molecule has 0 saturated heterocycles. The molecule has 4 aromatic rings. The van der Waals surface area contributed by atoms with Gasteiger partial charge in [-0.2, -0.15) is 0 Å². The number of halogens is 2. The molecule has 5 nitrogen and oxygen atoms in total. The van der Waals surface area contributed by atoms with Crippen molar-refractivity contribution < 1.29 is 13.1 Å². The van der Waals surface area contributed by atoms with Gasteiger partial charge < -0.3 is 0 Å². The molecule has 4 rings (SSSR count). The molecule has 0 fully saturated rings. The average Bonchev–Trinajstić information content (AvgIpc) is 3.28. The van der Waals surface area contributed by atoms with E-state index in [1.807, 2.05) is 36.7 Å². The van der Waals surface area contributed by atoms with Gasteiger partial charge in [-0.25, -0.2) is 19.7 Å². The molecule has 0 aliphatic heterocycles. The van der Waals surface area contributed by atoms with Crippen LogP contribution in [0.25, 0.3) is 0 Å². The first-order valence-corrected chi connectivity index (χ1v) is 15.7. The maximum atomic E-state index is 5.02. The number of aromatic nitrogens is 3. The van der Waals surface area contributed by atoms with E-state index >= 15 is 0 Å². The Morgan fingerprint density at radius 3 is 1.64 bits per heavy atom. The quantitative estimate of drug-likeness (QED) is 0.163. The molecule has 0 aliphatic rings. The summed E-state index contributed by atoms with van der Waals surface area (Å²) in [5.74, 6) is 1.37. The van der Waals surface area contributed by atoms with Gasteiger partial charge in [-0.1, -0.05) is 65.7 Å². The number of benzene rings is 3. The van der Waals surface area contributed by atoms with Gasteiger partial charge in [-0.15, -0.1) is 5.10 Å². The van der Waals surface area contributed by atoms with Gasteiger partial charge in [0, 0.05) is 0 Å². The van der Waals surface area contributed by atoms with E-state index in [1.165, 1.54) is 11.1 Å². The van der Waals surface area contributed by atoms with E-state index < -0.39 is 0 Å². The van der Waals surface area contributed by atoms with Crippen LogP contribution in [-0.2, 0) is 19.7 Å². The Balaban J connectivity index is 0.00000134. The van der Waals surface area contributed by atoms with Gasteiger partial charge in [0.2, 0.25) is 0 Å². The zero-order chi connectivity index (χ0) is 28.7. The molecule has 0 N–H and O–H groups in total. The van der Waals surface area contributed by atoms with Crippen molar-refractivity contribution in [3.8, 4) is 0 Å². The van der Waals surface area contributed by atoms with Crippen molar-refractivity contribution >= 4 is 43.0 Å². The van der Waals surface area contributed by atoms with Crippen LogP contribution in [0.1, 0.15) is 64.4 Å². The topological polar surface area (TPSA) is 55.4 Å². The van der Waals surface area contributed by atoms with Gasteiger partial charge in [0.1, 0.15) is 0 Å². The van der Waals surface area contributed by atoms with Crippen molar-refractivity contribution in [2.45, 2.75) is 61.9 Å². The third kappa shape index (κ3) is 8.12. The first-order valence-electron chi connectivity index (χ1n) is 12.6. The van der Waals surface area contributed by atoms with E-state index in [4.69, 9.17) is 40.3 Å². The molecule has 1 heterocycles. The maximum absolute atomic E-state index is 5.02. The van der Waals surface area contributed by atoms with Crippen LogP contribution in [0.5, 0.6) is 0 Å². The van der Waals surface area contributed by atoms with Crippen LogP contribution < -0.4 is 0 Å². The van der Waals surface area contributed by atoms with Crippen molar-refractivity contribution in [3.05, 3.63) is 105 Å². The second-order valence-electron chi connectivity index (χ2n) is 9.84. The van der Waals surface area contributed by atoms with Crippen LogP contribution in [0.15, 0.2) is 64.6 Å². The molecule has 0 bridgehead atoms. The molecule has 0 aliphatic carbocycles. The number of hydrogen-bond donors (Lipinski definition) is 0. The van der Waals surface area contributed by atoms with Crippen LogP contribution in [0.3, 0.4) is 0 Å². The zero-order valence-electron chi connectivity index (χ0n) is 23.7. The minimum atomic E-state index is 0.194. The van der Waals surface area contributed by atoms with Crippen molar-refractivity contribution in [2.75, 3.05) is 0 Å². The fourth-order valence-electron chi connectivity index (χ4n) is 4.76. The Kier molecular flexibility index (Phi) is 11.1. The predicted octanol–water partition coefficient (Wildman–Crippen LogP) is 8.83. The van der Waals surface area contributed by atoms with Gasteiger partial charge in [-0.3, -0.25) is 0 Å². The summed E-state index contributed by atoms with van der Waals surface area (Å²) >= 11 is 0.194. The number of aryl methyl sites for hydroxylation is 6. The SMILES string of the molecule is CC(=Nc1c(C)cc(C)cc1C)c1nc(C(C)=Nc2c(C)cc(C)cc2C)n(Cc2ccccc2)n1.[Cl][Fe][Cl]. The second kappa shape index (κ2) is 14.0. The molecule has 0 saturated carbocycles. The van der Waals surface area contributed by atoms with Crippen molar-refractivity contribution in [1.82, 2.24) is 14.8 Å². The molecular weight excluding hydrogens is 569 g/mol. The van der Waals surface area contributed by atoms with Crippen molar-refractivity contribution in [1.29, 1.82) is 0 Å². The normalized spacial score (nSPS) is 11.9. The summed E-state index contributed by atoms with van der Waals surface area (Å²) < 4.78 is 1.94. The van der Waals surface area contributed by atoms with E-state index in [9.17, 15) is 0 Å². The number of aliphatic imine (C=N–C) groups is 2. The summed E-state index contributed by atoms with van der Waals surface area (Å²) in [6, 6.07) is 19.0. The Morgan fingerprint density at radius 1 is 0.744 bits per heavy atom. The molecule has 39 heavy (non-hydrogen) atoms. The summed E-state index contributed by atoms with van der Waals surface area (Å²) in [7, 11) is 9.53. The third-order valence-electron chi connectivity index (χ3n) is 6.32. The van der Waals surface area contributed by atoms with E-state index in [2.05, 4.69) is 77.9 Å². The minimum absolute atomic E-state index is 0.194. The molecule has 0 amide bonds. The molecule has 0 atom stereocenters. The molecule has 0 radical (unpaired) electrons. The van der Waals surface area contributed by atoms with Crippen molar-refractivity contribution in [2.24, 2.45) is 9.98 Å². The monoisotopic (exact) mass is 603 g/mol. The van der Waals surface area contributed by atoms with E-state index in [-0.39, 0.29) is 13.1 Å². The van der Waals surface area contributed by atoms with Crippen LogP contribution in [-0.4, -0.2) is 26.2 Å². The number of hydrogen-bond acceptors (Lipinski definition) is 4. The summed E-state index contributed by atoms with van der Waals surface area (Å²) in [6.07, 6.45) is 0. The summed E-state index contributed by atoms with van der Waals surface area (Å²) in [5, 5.41) is 4.89. The third-order valence-corrected chi connectivity index (χ3v) is 6.32. The van der Waals surface area contributed by atoms with Gasteiger partial charge in [-0.05, 0) is 83.2 Å². The zero-order valence-corrected chi connectivity index (χ0v) is 26.4. The van der Waals surface area contributed by atoms with Gasteiger partial charge in [0.15, 0.2) is 11.6 Å². The summed E-state index contributed by atoms with van der Waals surface area (Å²) in [5.41, 5.74) is 11.8. The fourth-order valence-corrected chi connectivity index (χ4v) is 4.76. The summed E-state index contributed by atoms with van der Waals surface area (Å²) in [6.45, 7) is 17.2. The Bertz CT molecular complexity index is 1460. The van der Waals surface area contributed by atoms with E-state index in [0.717, 1.165) is 56.4 Å². The van der Waals surface area contributed by atoms with E-state index in [1.54, 1.807) is 0 Å². The molecule has 3 aromatic carbocycles. The van der Waals surface area contributed by atoms with E-state index in [0.29, 0.717) is 12.4 Å². The van der Waals surface area contributed by atoms with Crippen molar-refractivity contribution in [3.63, 3.8) is 0 Å². The van der Waals surface area contributed by atoms with Crippen LogP contribution in [0.2, 0.25) is 0 Å². The van der Waals surface area contributed by atoms with Crippen LogP contribution in [0.4, 0.5) is 11.4 Å². The first-order chi connectivity index (χ1) is 18.5.